The summed E-state index contributed by atoms with van der Waals surface area (Å²) in [6.45, 7) is 2.04. The number of amides is 1. The van der Waals surface area contributed by atoms with E-state index in [1.54, 1.807) is 6.92 Å². The lowest BCUT2D eigenvalue weighted by Gasteiger charge is -2.25. The zero-order valence-corrected chi connectivity index (χ0v) is 11.2. The van der Waals surface area contributed by atoms with Gasteiger partial charge < -0.3 is 15.6 Å². The molecule has 0 spiro atoms. The molecule has 1 aliphatic carbocycles. The minimum atomic E-state index is 0. The summed E-state index contributed by atoms with van der Waals surface area (Å²) >= 11 is 0. The number of aromatic nitrogens is 2. The van der Waals surface area contributed by atoms with Gasteiger partial charge in [0.05, 0.1) is 6.54 Å². The van der Waals surface area contributed by atoms with Gasteiger partial charge in [0.1, 0.15) is 0 Å². The fourth-order valence-electron chi connectivity index (χ4n) is 2.18. The number of halogens is 1. The van der Waals surface area contributed by atoms with E-state index < -0.39 is 0 Å². The Labute approximate surface area is 112 Å². The molecule has 0 radical (unpaired) electrons. The van der Waals surface area contributed by atoms with Crippen LogP contribution in [0.3, 0.4) is 0 Å². The van der Waals surface area contributed by atoms with Gasteiger partial charge in [-0.25, -0.2) is 0 Å². The zero-order valence-electron chi connectivity index (χ0n) is 10.4. The second-order valence-electron chi connectivity index (χ2n) is 4.58. The molecular weight excluding hydrogens is 256 g/mol. The van der Waals surface area contributed by atoms with Gasteiger partial charge in [0.15, 0.2) is 5.82 Å². The SMILES string of the molecule is Cc1noc(CNC(=O)C2CCCC(N)C2)n1.Cl. The smallest absolute Gasteiger partial charge is 0.246 e. The van der Waals surface area contributed by atoms with Crippen LogP contribution >= 0.6 is 12.4 Å². The van der Waals surface area contributed by atoms with Crippen molar-refractivity contribution in [2.45, 2.75) is 45.2 Å². The summed E-state index contributed by atoms with van der Waals surface area (Å²) in [5.41, 5.74) is 5.85. The molecular formula is C11H19ClN4O2. The standard InChI is InChI=1S/C11H18N4O2.ClH/c1-7-14-10(17-15-7)6-13-11(16)8-3-2-4-9(12)5-8;/h8-9H,2-6,12H2,1H3,(H,13,16);1H. The Balaban J connectivity index is 0.00000162. The Morgan fingerprint density at radius 1 is 1.56 bits per heavy atom. The molecule has 0 bridgehead atoms. The van der Waals surface area contributed by atoms with Crippen molar-refractivity contribution >= 4 is 18.3 Å². The zero-order chi connectivity index (χ0) is 12.3. The van der Waals surface area contributed by atoms with Crippen LogP contribution in [0, 0.1) is 12.8 Å². The summed E-state index contributed by atoms with van der Waals surface area (Å²) in [5, 5.41) is 6.47. The molecule has 6 nitrogen and oxygen atoms in total. The molecule has 3 N–H and O–H groups in total. The van der Waals surface area contributed by atoms with Crippen LogP contribution < -0.4 is 11.1 Å². The third kappa shape index (κ3) is 3.96. The molecule has 0 saturated heterocycles. The average Bonchev–Trinajstić information content (AvgIpc) is 2.72. The van der Waals surface area contributed by atoms with Gasteiger partial charge >= 0.3 is 0 Å². The first kappa shape index (κ1) is 14.9. The maximum Gasteiger partial charge on any atom is 0.246 e. The summed E-state index contributed by atoms with van der Waals surface area (Å²) in [4.78, 5) is 15.9. The predicted molar refractivity (Wildman–Crippen MR) is 68.1 cm³/mol. The number of hydrogen-bond donors (Lipinski definition) is 2. The third-order valence-corrected chi connectivity index (χ3v) is 3.07. The number of nitrogens with two attached hydrogens (primary N) is 1. The highest BCUT2D eigenvalue weighted by Crippen LogP contribution is 2.23. The predicted octanol–water partition coefficient (Wildman–Crippen LogP) is 0.934. The topological polar surface area (TPSA) is 94.0 Å². The van der Waals surface area contributed by atoms with E-state index in [-0.39, 0.29) is 30.3 Å². The quantitative estimate of drug-likeness (QED) is 0.855. The normalized spacial score (nSPS) is 23.2. The van der Waals surface area contributed by atoms with E-state index in [4.69, 9.17) is 10.3 Å². The van der Waals surface area contributed by atoms with Crippen LogP contribution in [0.25, 0.3) is 0 Å². The van der Waals surface area contributed by atoms with Crippen LogP contribution in [0.15, 0.2) is 4.52 Å². The Morgan fingerprint density at radius 2 is 2.33 bits per heavy atom. The van der Waals surface area contributed by atoms with E-state index in [0.717, 1.165) is 25.7 Å². The maximum absolute atomic E-state index is 11.9. The Bertz CT molecular complexity index is 396. The molecule has 1 fully saturated rings. The molecule has 18 heavy (non-hydrogen) atoms. The monoisotopic (exact) mass is 274 g/mol. The number of aryl methyl sites for hydroxylation is 1. The molecule has 1 aromatic heterocycles. The molecule has 2 unspecified atom stereocenters. The van der Waals surface area contributed by atoms with Gasteiger partial charge in [-0.2, -0.15) is 4.98 Å². The number of carbonyl (C=O) groups is 1. The largest absolute Gasteiger partial charge is 0.347 e. The Kier molecular flexibility index (Phi) is 5.55. The molecule has 2 rings (SSSR count). The molecule has 7 heteroatoms. The first-order valence-electron chi connectivity index (χ1n) is 5.97. The molecule has 1 amide bonds. The van der Waals surface area contributed by atoms with Crippen LogP contribution in [0.4, 0.5) is 0 Å². The van der Waals surface area contributed by atoms with Gasteiger partial charge in [-0.05, 0) is 26.2 Å². The van der Waals surface area contributed by atoms with E-state index in [1.165, 1.54) is 0 Å². The highest BCUT2D eigenvalue weighted by atomic mass is 35.5. The van der Waals surface area contributed by atoms with Crippen molar-refractivity contribution in [3.63, 3.8) is 0 Å². The highest BCUT2D eigenvalue weighted by Gasteiger charge is 2.25. The summed E-state index contributed by atoms with van der Waals surface area (Å²) in [6.07, 6.45) is 3.74. The number of rotatable bonds is 3. The van der Waals surface area contributed by atoms with E-state index >= 15 is 0 Å². The van der Waals surface area contributed by atoms with Gasteiger partial charge in [0.2, 0.25) is 11.8 Å². The Morgan fingerprint density at radius 3 is 2.94 bits per heavy atom. The van der Waals surface area contributed by atoms with Crippen molar-refractivity contribution in [2.24, 2.45) is 11.7 Å². The molecule has 0 aromatic carbocycles. The lowest BCUT2D eigenvalue weighted by atomic mass is 9.85. The minimum absolute atomic E-state index is 0. The van der Waals surface area contributed by atoms with Crippen LogP contribution in [-0.4, -0.2) is 22.1 Å². The third-order valence-electron chi connectivity index (χ3n) is 3.07. The maximum atomic E-state index is 11.9. The van der Waals surface area contributed by atoms with Crippen LogP contribution in [0.1, 0.15) is 37.4 Å². The van der Waals surface area contributed by atoms with E-state index in [1.807, 2.05) is 0 Å². The lowest BCUT2D eigenvalue weighted by Crippen LogP contribution is -2.37. The second kappa shape index (κ2) is 6.70. The van der Waals surface area contributed by atoms with Gasteiger partial charge in [-0.15, -0.1) is 12.4 Å². The molecule has 2 atom stereocenters. The fraction of sp³-hybridized carbons (Fsp3) is 0.727. The summed E-state index contributed by atoms with van der Waals surface area (Å²) in [7, 11) is 0. The van der Waals surface area contributed by atoms with Gasteiger partial charge in [-0.3, -0.25) is 4.79 Å². The van der Waals surface area contributed by atoms with Gasteiger partial charge in [-0.1, -0.05) is 11.6 Å². The van der Waals surface area contributed by atoms with Crippen LogP contribution in [-0.2, 0) is 11.3 Å². The van der Waals surface area contributed by atoms with Crippen molar-refractivity contribution in [2.75, 3.05) is 0 Å². The van der Waals surface area contributed by atoms with Crippen LogP contribution in [0.2, 0.25) is 0 Å². The molecule has 1 aliphatic rings. The van der Waals surface area contributed by atoms with Crippen molar-refractivity contribution in [3.05, 3.63) is 11.7 Å². The van der Waals surface area contributed by atoms with Crippen LogP contribution in [0.5, 0.6) is 0 Å². The number of carbonyl (C=O) groups excluding carboxylic acids is 1. The van der Waals surface area contributed by atoms with Gasteiger partial charge in [0, 0.05) is 12.0 Å². The second-order valence-corrected chi connectivity index (χ2v) is 4.58. The number of hydrogen-bond acceptors (Lipinski definition) is 5. The molecule has 1 saturated carbocycles. The highest BCUT2D eigenvalue weighted by molar-refractivity contribution is 5.85. The first-order valence-corrected chi connectivity index (χ1v) is 5.97. The van der Waals surface area contributed by atoms with Crippen molar-refractivity contribution in [3.8, 4) is 0 Å². The lowest BCUT2D eigenvalue weighted by molar-refractivity contribution is -0.126. The number of nitrogens with zero attached hydrogens (tertiary/aromatic N) is 2. The molecule has 0 aliphatic heterocycles. The number of nitrogens with one attached hydrogen (secondary N) is 1. The Hall–Kier alpha value is -1.14. The van der Waals surface area contributed by atoms with E-state index in [0.29, 0.717) is 18.3 Å². The van der Waals surface area contributed by atoms with Gasteiger partial charge in [0.25, 0.3) is 0 Å². The van der Waals surface area contributed by atoms with E-state index in [9.17, 15) is 4.79 Å². The minimum Gasteiger partial charge on any atom is -0.347 e. The molecule has 102 valence electrons. The average molecular weight is 275 g/mol. The summed E-state index contributed by atoms with van der Waals surface area (Å²) in [6, 6.07) is 0.158. The summed E-state index contributed by atoms with van der Waals surface area (Å²) < 4.78 is 4.92. The fourth-order valence-corrected chi connectivity index (χ4v) is 2.18. The molecule has 1 aromatic rings. The van der Waals surface area contributed by atoms with Crippen molar-refractivity contribution < 1.29 is 9.32 Å². The first-order chi connectivity index (χ1) is 8.15. The summed E-state index contributed by atoms with van der Waals surface area (Å²) in [5.74, 6) is 1.09. The van der Waals surface area contributed by atoms with Crippen molar-refractivity contribution in [1.82, 2.24) is 15.5 Å². The molecule has 1 heterocycles. The van der Waals surface area contributed by atoms with E-state index in [2.05, 4.69) is 15.5 Å². The van der Waals surface area contributed by atoms with Crippen molar-refractivity contribution in [1.29, 1.82) is 0 Å².